The van der Waals surface area contributed by atoms with Crippen molar-refractivity contribution in [3.63, 3.8) is 0 Å². The van der Waals surface area contributed by atoms with E-state index in [4.69, 9.17) is 26.4 Å². The van der Waals surface area contributed by atoms with Crippen LogP contribution >= 0.6 is 11.6 Å². The van der Waals surface area contributed by atoms with Gasteiger partial charge in [0, 0.05) is 53.9 Å². The summed E-state index contributed by atoms with van der Waals surface area (Å²) in [7, 11) is 1.57. The summed E-state index contributed by atoms with van der Waals surface area (Å²) in [5.74, 6) is 1.90. The number of methoxy groups -OCH3 is 1. The number of carbonyl (C=O) groups excluding carboxylic acids is 1. The predicted molar refractivity (Wildman–Crippen MR) is 145 cm³/mol. The molecule has 0 atom stereocenters. The molecule has 0 unspecified atom stereocenters. The highest BCUT2D eigenvalue weighted by molar-refractivity contribution is 6.32. The summed E-state index contributed by atoms with van der Waals surface area (Å²) in [6, 6.07) is 9.43. The number of nitrogens with zero attached hydrogens (tertiary/aromatic N) is 6. The van der Waals surface area contributed by atoms with E-state index in [2.05, 4.69) is 4.98 Å². The van der Waals surface area contributed by atoms with Gasteiger partial charge in [0.15, 0.2) is 11.6 Å². The molecule has 202 valence electrons. The fourth-order valence-corrected chi connectivity index (χ4v) is 5.16. The number of hydrogen-bond donors (Lipinski definition) is 0. The van der Waals surface area contributed by atoms with Crippen LogP contribution in [-0.2, 0) is 11.3 Å². The molecule has 2 heterocycles. The molecule has 1 fully saturated rings. The number of aromatic nitrogens is 4. The Balaban J connectivity index is 1.54. The van der Waals surface area contributed by atoms with E-state index in [9.17, 15) is 14.9 Å². The maximum Gasteiger partial charge on any atom is 0.222 e. The molecule has 0 bridgehead atoms. The molecule has 1 amide bonds. The molecule has 2 aromatic heterocycles. The van der Waals surface area contributed by atoms with E-state index < -0.39 is 0 Å². The molecule has 0 spiro atoms. The SMILES string of the molecule is COc1ccc(-c2nc(-c3ccncc3)nn2CCN(C(=O)CCCCC[N+](=O)[O-])C2CCCC2)cc1Cl. The summed E-state index contributed by atoms with van der Waals surface area (Å²) < 4.78 is 7.14. The smallest absolute Gasteiger partial charge is 0.222 e. The highest BCUT2D eigenvalue weighted by Crippen LogP contribution is 2.31. The fraction of sp³-hybridized carbons (Fsp3) is 0.481. The lowest BCUT2D eigenvalue weighted by Crippen LogP contribution is -2.41. The number of unbranched alkanes of at least 4 members (excludes halogenated alkanes) is 2. The van der Waals surface area contributed by atoms with Gasteiger partial charge < -0.3 is 9.64 Å². The number of carbonyl (C=O) groups is 1. The van der Waals surface area contributed by atoms with Crippen LogP contribution in [0.4, 0.5) is 0 Å². The third kappa shape index (κ3) is 7.06. The number of benzene rings is 1. The van der Waals surface area contributed by atoms with E-state index in [1.807, 2.05) is 33.8 Å². The van der Waals surface area contributed by atoms with Gasteiger partial charge in [0.2, 0.25) is 12.5 Å². The maximum atomic E-state index is 13.3. The molecular formula is C27H33ClN6O4. The molecule has 3 aromatic rings. The van der Waals surface area contributed by atoms with Gasteiger partial charge >= 0.3 is 0 Å². The molecule has 0 N–H and O–H groups in total. The van der Waals surface area contributed by atoms with E-state index in [0.29, 0.717) is 61.2 Å². The topological polar surface area (TPSA) is 116 Å². The first-order valence-corrected chi connectivity index (χ1v) is 13.4. The zero-order valence-corrected chi connectivity index (χ0v) is 22.3. The van der Waals surface area contributed by atoms with Crippen molar-refractivity contribution in [2.75, 3.05) is 20.2 Å². The number of rotatable bonds is 13. The van der Waals surface area contributed by atoms with Crippen LogP contribution in [0.3, 0.4) is 0 Å². The van der Waals surface area contributed by atoms with Crippen LogP contribution in [0.15, 0.2) is 42.7 Å². The van der Waals surface area contributed by atoms with Crippen LogP contribution in [0, 0.1) is 10.1 Å². The second kappa shape index (κ2) is 13.3. The minimum atomic E-state index is -0.307. The Morgan fingerprint density at radius 3 is 2.61 bits per heavy atom. The Bertz CT molecular complexity index is 1230. The number of halogens is 1. The normalized spacial score (nSPS) is 13.5. The van der Waals surface area contributed by atoms with Gasteiger partial charge in [-0.2, -0.15) is 5.10 Å². The number of pyridine rings is 1. The summed E-state index contributed by atoms with van der Waals surface area (Å²) >= 11 is 6.42. The molecule has 10 nitrogen and oxygen atoms in total. The van der Waals surface area contributed by atoms with Gasteiger partial charge in [-0.05, 0) is 56.0 Å². The Morgan fingerprint density at radius 1 is 1.16 bits per heavy atom. The number of ether oxygens (including phenoxy) is 1. The van der Waals surface area contributed by atoms with Crippen LogP contribution in [0.1, 0.15) is 51.4 Å². The first-order valence-electron chi connectivity index (χ1n) is 13.1. The Morgan fingerprint density at radius 2 is 1.92 bits per heavy atom. The molecule has 0 radical (unpaired) electrons. The molecule has 1 aliphatic rings. The Hall–Kier alpha value is -3.53. The van der Waals surface area contributed by atoms with Crippen molar-refractivity contribution >= 4 is 17.5 Å². The average molecular weight is 541 g/mol. The summed E-state index contributed by atoms with van der Waals surface area (Å²) in [6.45, 7) is 0.930. The van der Waals surface area contributed by atoms with Gasteiger partial charge in [-0.15, -0.1) is 0 Å². The third-order valence-corrected chi connectivity index (χ3v) is 7.19. The molecule has 11 heteroatoms. The molecule has 0 aliphatic heterocycles. The van der Waals surface area contributed by atoms with E-state index >= 15 is 0 Å². The number of hydrogen-bond acceptors (Lipinski definition) is 7. The molecular weight excluding hydrogens is 508 g/mol. The van der Waals surface area contributed by atoms with Gasteiger partial charge in [-0.25, -0.2) is 9.67 Å². The van der Waals surface area contributed by atoms with Crippen LogP contribution < -0.4 is 4.74 Å². The lowest BCUT2D eigenvalue weighted by atomic mass is 10.1. The summed E-state index contributed by atoms with van der Waals surface area (Å²) in [4.78, 5) is 34.4. The van der Waals surface area contributed by atoms with Crippen molar-refractivity contribution in [3.05, 3.63) is 57.9 Å². The van der Waals surface area contributed by atoms with Crippen LogP contribution in [0.5, 0.6) is 5.75 Å². The molecule has 1 aliphatic carbocycles. The number of amides is 1. The molecule has 1 saturated carbocycles. The first-order chi connectivity index (χ1) is 18.5. The van der Waals surface area contributed by atoms with Crippen molar-refractivity contribution < 1.29 is 14.5 Å². The number of nitro groups is 1. The predicted octanol–water partition coefficient (Wildman–Crippen LogP) is 5.28. The maximum absolute atomic E-state index is 13.3. The summed E-state index contributed by atoms with van der Waals surface area (Å²) in [5, 5.41) is 15.8. The second-order valence-electron chi connectivity index (χ2n) is 9.46. The van der Waals surface area contributed by atoms with E-state index in [0.717, 1.165) is 36.8 Å². The lowest BCUT2D eigenvalue weighted by Gasteiger charge is -2.29. The first kappa shape index (κ1) is 27.5. The van der Waals surface area contributed by atoms with Crippen LogP contribution in [-0.4, -0.2) is 61.7 Å². The minimum Gasteiger partial charge on any atom is -0.495 e. The summed E-state index contributed by atoms with van der Waals surface area (Å²) in [6.07, 6.45) is 9.83. The average Bonchev–Trinajstić information content (AvgIpc) is 3.60. The van der Waals surface area contributed by atoms with Gasteiger partial charge in [0.1, 0.15) is 5.75 Å². The van der Waals surface area contributed by atoms with Gasteiger partial charge in [-0.1, -0.05) is 24.4 Å². The minimum absolute atomic E-state index is 0.0508. The lowest BCUT2D eigenvalue weighted by molar-refractivity contribution is -0.480. The molecule has 1 aromatic carbocycles. The van der Waals surface area contributed by atoms with Crippen LogP contribution in [0.25, 0.3) is 22.8 Å². The largest absolute Gasteiger partial charge is 0.495 e. The molecule has 4 rings (SSSR count). The van der Waals surface area contributed by atoms with Crippen molar-refractivity contribution in [1.82, 2.24) is 24.6 Å². The zero-order chi connectivity index (χ0) is 26.9. The fourth-order valence-electron chi connectivity index (χ4n) is 4.91. The summed E-state index contributed by atoms with van der Waals surface area (Å²) in [5.41, 5.74) is 1.64. The van der Waals surface area contributed by atoms with Gasteiger partial charge in [-0.3, -0.25) is 19.9 Å². The van der Waals surface area contributed by atoms with Crippen LogP contribution in [0.2, 0.25) is 5.02 Å². The van der Waals surface area contributed by atoms with Crippen molar-refractivity contribution in [1.29, 1.82) is 0 Å². The van der Waals surface area contributed by atoms with E-state index in [-0.39, 0.29) is 23.4 Å². The highest BCUT2D eigenvalue weighted by atomic mass is 35.5. The zero-order valence-electron chi connectivity index (χ0n) is 21.6. The second-order valence-corrected chi connectivity index (χ2v) is 9.87. The van der Waals surface area contributed by atoms with E-state index in [1.54, 1.807) is 25.6 Å². The molecule has 38 heavy (non-hydrogen) atoms. The van der Waals surface area contributed by atoms with Crippen molar-refractivity contribution in [2.24, 2.45) is 0 Å². The standard InChI is InChI=1S/C27H33ClN6O4/c1-38-24-11-10-21(19-23(24)28)27-30-26(20-12-14-29-15-13-20)31-33(27)18-17-32(22-7-4-5-8-22)25(35)9-3-2-6-16-34(36)37/h10-15,19,22H,2-9,16-18H2,1H3. The quantitative estimate of drug-likeness (QED) is 0.164. The van der Waals surface area contributed by atoms with E-state index in [1.165, 1.54) is 0 Å². The molecule has 0 saturated heterocycles. The van der Waals surface area contributed by atoms with Gasteiger partial charge in [0.25, 0.3) is 0 Å². The monoisotopic (exact) mass is 540 g/mol. The third-order valence-electron chi connectivity index (χ3n) is 6.89. The van der Waals surface area contributed by atoms with Crippen molar-refractivity contribution in [3.8, 4) is 28.5 Å². The highest BCUT2D eigenvalue weighted by Gasteiger charge is 2.27. The van der Waals surface area contributed by atoms with Crippen molar-refractivity contribution in [2.45, 2.75) is 64.0 Å². The Kier molecular flexibility index (Phi) is 9.64. The van der Waals surface area contributed by atoms with Gasteiger partial charge in [0.05, 0.1) is 18.7 Å². The Labute approximate surface area is 227 Å².